The number of carbonyl (C=O) groups is 2. The van der Waals surface area contributed by atoms with Gasteiger partial charge in [0, 0.05) is 24.1 Å². The summed E-state index contributed by atoms with van der Waals surface area (Å²) in [4.78, 5) is 28.5. The zero-order chi connectivity index (χ0) is 26.6. The molecule has 0 radical (unpaired) electrons. The Morgan fingerprint density at radius 2 is 1.83 bits per heavy atom. The van der Waals surface area contributed by atoms with Gasteiger partial charge in [0.1, 0.15) is 11.4 Å². The van der Waals surface area contributed by atoms with Gasteiger partial charge in [0.05, 0.1) is 17.5 Å². The van der Waals surface area contributed by atoms with Crippen molar-refractivity contribution in [3.63, 3.8) is 0 Å². The Balaban J connectivity index is 1.67. The van der Waals surface area contributed by atoms with Gasteiger partial charge in [-0.3, -0.25) is 9.69 Å². The van der Waals surface area contributed by atoms with Gasteiger partial charge in [0.15, 0.2) is 17.3 Å². The Morgan fingerprint density at radius 3 is 2.44 bits per heavy atom. The zero-order valence-corrected chi connectivity index (χ0v) is 22.5. The van der Waals surface area contributed by atoms with E-state index in [0.29, 0.717) is 30.0 Å². The van der Waals surface area contributed by atoms with E-state index in [9.17, 15) is 14.0 Å². The molecule has 0 saturated carbocycles. The third kappa shape index (κ3) is 4.90. The number of rotatable bonds is 2. The number of hydrogen-bond acceptors (Lipinski definition) is 5. The minimum Gasteiger partial charge on any atom is -0.444 e. The molecule has 1 saturated heterocycles. The third-order valence-electron chi connectivity index (χ3n) is 6.44. The molecule has 2 aliphatic heterocycles. The number of likely N-dealkylation sites (tertiary alicyclic amines) is 1. The summed E-state index contributed by atoms with van der Waals surface area (Å²) in [5.74, 6) is -1.75. The molecule has 0 aromatic heterocycles. The predicted molar refractivity (Wildman–Crippen MR) is 135 cm³/mol. The molecule has 2 aromatic carbocycles. The van der Waals surface area contributed by atoms with Gasteiger partial charge in [-0.25, -0.2) is 9.18 Å². The quantitative estimate of drug-likeness (QED) is 0.436. The molecule has 2 heterocycles. The van der Waals surface area contributed by atoms with Crippen LogP contribution in [-0.4, -0.2) is 35.0 Å². The Kier molecular flexibility index (Phi) is 6.53. The summed E-state index contributed by atoms with van der Waals surface area (Å²) < 4.78 is 32.7. The maximum Gasteiger partial charge on any atom is 0.410 e. The van der Waals surface area contributed by atoms with Crippen LogP contribution in [0.15, 0.2) is 36.4 Å². The number of nitrogens with zero attached hydrogens (tertiary/aromatic N) is 1. The summed E-state index contributed by atoms with van der Waals surface area (Å²) in [7, 11) is 0. The maximum absolute atomic E-state index is 14.8. The molecule has 1 amide bonds. The molecule has 0 spiro atoms. The fourth-order valence-electron chi connectivity index (χ4n) is 4.99. The van der Waals surface area contributed by atoms with E-state index < -0.39 is 40.7 Å². The lowest BCUT2D eigenvalue weighted by Gasteiger charge is -2.44. The van der Waals surface area contributed by atoms with E-state index in [1.165, 1.54) is 17.0 Å². The van der Waals surface area contributed by atoms with Crippen molar-refractivity contribution in [1.29, 1.82) is 0 Å². The lowest BCUT2D eigenvalue weighted by Crippen LogP contribution is -2.58. The van der Waals surface area contributed by atoms with Gasteiger partial charge in [-0.1, -0.05) is 44.5 Å². The Morgan fingerprint density at radius 1 is 1.14 bits per heavy atom. The molecule has 3 unspecified atom stereocenters. The molecule has 36 heavy (non-hydrogen) atoms. The lowest BCUT2D eigenvalue weighted by molar-refractivity contribution is -0.133. The number of benzene rings is 2. The van der Waals surface area contributed by atoms with Crippen LogP contribution in [0.3, 0.4) is 0 Å². The summed E-state index contributed by atoms with van der Waals surface area (Å²) in [5.41, 5.74) is -0.337. The first-order chi connectivity index (χ1) is 16.6. The monoisotopic (exact) mass is 517 g/mol. The van der Waals surface area contributed by atoms with E-state index >= 15 is 0 Å². The van der Waals surface area contributed by atoms with Gasteiger partial charge in [0.2, 0.25) is 0 Å². The average molecular weight is 518 g/mol. The van der Waals surface area contributed by atoms with Gasteiger partial charge >= 0.3 is 6.09 Å². The van der Waals surface area contributed by atoms with Crippen molar-refractivity contribution in [2.45, 2.75) is 78.2 Å². The van der Waals surface area contributed by atoms with Crippen molar-refractivity contribution in [3.8, 4) is 11.5 Å². The number of carbonyl (C=O) groups excluding carboxylic acids is 2. The molecule has 8 heteroatoms. The van der Waals surface area contributed by atoms with E-state index in [0.717, 1.165) is 0 Å². The van der Waals surface area contributed by atoms with Crippen LogP contribution >= 0.6 is 11.6 Å². The number of amides is 1. The number of Topliss-reactive ketones (excluding diaryl/α,β-unsaturated/α-hetero) is 1. The normalized spacial score (nSPS) is 24.1. The zero-order valence-electron chi connectivity index (χ0n) is 21.8. The highest BCUT2D eigenvalue weighted by molar-refractivity contribution is 6.30. The smallest absolute Gasteiger partial charge is 0.410 e. The first-order valence-electron chi connectivity index (χ1n) is 12.1. The summed E-state index contributed by atoms with van der Waals surface area (Å²) in [6.07, 6.45) is -0.103. The van der Waals surface area contributed by atoms with Crippen molar-refractivity contribution >= 4 is 23.5 Å². The third-order valence-corrected chi connectivity index (χ3v) is 6.67. The molecule has 0 aliphatic carbocycles. The minimum absolute atomic E-state index is 0.0946. The lowest BCUT2D eigenvalue weighted by atomic mass is 9.74. The highest BCUT2D eigenvalue weighted by atomic mass is 35.5. The van der Waals surface area contributed by atoms with Crippen molar-refractivity contribution in [1.82, 2.24) is 4.90 Å². The van der Waals surface area contributed by atoms with Crippen LogP contribution < -0.4 is 9.47 Å². The van der Waals surface area contributed by atoms with Gasteiger partial charge in [-0.2, -0.15) is 0 Å². The highest BCUT2D eigenvalue weighted by Gasteiger charge is 2.49. The first-order valence-corrected chi connectivity index (χ1v) is 12.5. The van der Waals surface area contributed by atoms with Crippen LogP contribution in [0.4, 0.5) is 9.18 Å². The molecule has 3 atom stereocenters. The second-order valence-corrected chi connectivity index (χ2v) is 12.1. The van der Waals surface area contributed by atoms with E-state index in [4.69, 9.17) is 25.8 Å². The van der Waals surface area contributed by atoms with Crippen LogP contribution in [0.5, 0.6) is 11.5 Å². The largest absolute Gasteiger partial charge is 0.444 e. The Labute approximate surface area is 216 Å². The number of fused-ring (bicyclic) bond motifs is 1. The van der Waals surface area contributed by atoms with E-state index in [1.54, 1.807) is 45.9 Å². The molecule has 1 fully saturated rings. The minimum atomic E-state index is -1.42. The fraction of sp³-hybridized carbons (Fsp3) is 0.500. The van der Waals surface area contributed by atoms with Crippen LogP contribution in [-0.2, 0) is 15.3 Å². The SMILES string of the molecule is CC(C)(C)OC(=O)N1CCC(c2cccc3c2OC(C)(c2ccc(Cl)cc2F)O3)C(=O)C1C(C)(C)C. The Hall–Kier alpha value is -2.80. The highest BCUT2D eigenvalue weighted by Crippen LogP contribution is 2.50. The van der Waals surface area contributed by atoms with Crippen molar-refractivity contribution in [3.05, 3.63) is 58.4 Å². The molecule has 0 N–H and O–H groups in total. The molecule has 194 valence electrons. The molecular formula is C28H33ClFNO5. The maximum atomic E-state index is 14.8. The standard InChI is InChI=1S/C28H33ClFNO5/c1-26(2,3)24-22(32)17(13-14-31(24)25(33)36-27(4,5)6)18-9-8-10-21-23(18)35-28(7,34-21)19-12-11-16(29)15-20(19)30/h8-12,15,17,24H,13-14H2,1-7H3. The van der Waals surface area contributed by atoms with Crippen LogP contribution in [0.1, 0.15) is 71.9 Å². The van der Waals surface area contributed by atoms with Gasteiger partial charge in [-0.05, 0) is 56.9 Å². The van der Waals surface area contributed by atoms with Crippen LogP contribution in [0, 0.1) is 11.2 Å². The van der Waals surface area contributed by atoms with E-state index in [-0.39, 0.29) is 16.4 Å². The first kappa shape index (κ1) is 26.3. The molecule has 6 nitrogen and oxygen atoms in total. The number of piperidine rings is 1. The second-order valence-electron chi connectivity index (χ2n) is 11.6. The molecule has 2 aromatic rings. The van der Waals surface area contributed by atoms with Crippen molar-refractivity contribution < 1.29 is 28.2 Å². The second kappa shape index (κ2) is 8.94. The van der Waals surface area contributed by atoms with Crippen LogP contribution in [0.25, 0.3) is 0 Å². The average Bonchev–Trinajstić information content (AvgIpc) is 3.08. The van der Waals surface area contributed by atoms with Crippen molar-refractivity contribution in [2.24, 2.45) is 5.41 Å². The number of para-hydroxylation sites is 1. The molecule has 0 bridgehead atoms. The van der Waals surface area contributed by atoms with Crippen molar-refractivity contribution in [2.75, 3.05) is 6.54 Å². The summed E-state index contributed by atoms with van der Waals surface area (Å²) in [6.45, 7) is 13.2. The van der Waals surface area contributed by atoms with E-state index in [1.807, 2.05) is 26.8 Å². The fourth-order valence-corrected chi connectivity index (χ4v) is 5.15. The van der Waals surface area contributed by atoms with Gasteiger partial charge in [0.25, 0.3) is 5.79 Å². The molecular weight excluding hydrogens is 485 g/mol. The summed E-state index contributed by atoms with van der Waals surface area (Å²) in [5, 5.41) is 0.270. The van der Waals surface area contributed by atoms with E-state index in [2.05, 4.69) is 0 Å². The van der Waals surface area contributed by atoms with Gasteiger partial charge in [-0.15, -0.1) is 0 Å². The summed E-state index contributed by atoms with van der Waals surface area (Å²) in [6, 6.07) is 8.99. The number of halogens is 2. The van der Waals surface area contributed by atoms with Gasteiger partial charge < -0.3 is 14.2 Å². The topological polar surface area (TPSA) is 65.1 Å². The Bertz CT molecular complexity index is 1200. The molecule has 4 rings (SSSR count). The number of ketones is 1. The van der Waals surface area contributed by atoms with Crippen LogP contribution in [0.2, 0.25) is 5.02 Å². The summed E-state index contributed by atoms with van der Waals surface area (Å²) >= 11 is 5.92. The molecule has 2 aliphatic rings. The number of hydrogen-bond donors (Lipinski definition) is 0. The number of ether oxygens (including phenoxy) is 3. The predicted octanol–water partition coefficient (Wildman–Crippen LogP) is 6.83.